The fraction of sp³-hybridized carbons (Fsp3) is 0.286. The average Bonchev–Trinajstić information content (AvgIpc) is 2.89. The summed E-state index contributed by atoms with van der Waals surface area (Å²) < 4.78 is 28.5. The standard InChI is InChI=1S/C28H30Cl3N3O4S/c1-4-19(2)32-28(36)20(3)33(17-21-9-8-10-22(29)13-21)27(35)18-34(25-15-23(30)14-24(31)16-25)39(37,38)26-11-6-5-7-12-26/h5-16,19-20H,4,17-18H2,1-3H3,(H,32,36)/t19-,20+/m0/s1. The number of amides is 2. The van der Waals surface area contributed by atoms with Gasteiger partial charge in [-0.05, 0) is 68.3 Å². The third-order valence-corrected chi connectivity index (χ3v) is 8.62. The first-order valence-electron chi connectivity index (χ1n) is 12.3. The molecule has 11 heteroatoms. The molecule has 1 N–H and O–H groups in total. The highest BCUT2D eigenvalue weighted by Crippen LogP contribution is 2.30. The van der Waals surface area contributed by atoms with E-state index in [9.17, 15) is 18.0 Å². The molecule has 0 bridgehead atoms. The van der Waals surface area contributed by atoms with Gasteiger partial charge in [0, 0.05) is 27.7 Å². The van der Waals surface area contributed by atoms with Gasteiger partial charge in [-0.3, -0.25) is 13.9 Å². The van der Waals surface area contributed by atoms with Crippen LogP contribution >= 0.6 is 34.8 Å². The second-order valence-corrected chi connectivity index (χ2v) is 12.3. The fourth-order valence-electron chi connectivity index (χ4n) is 3.81. The van der Waals surface area contributed by atoms with E-state index < -0.39 is 28.5 Å². The van der Waals surface area contributed by atoms with E-state index in [0.29, 0.717) is 17.0 Å². The van der Waals surface area contributed by atoms with Crippen molar-refractivity contribution in [2.24, 2.45) is 0 Å². The Kier molecular flexibility index (Phi) is 10.7. The van der Waals surface area contributed by atoms with Crippen LogP contribution in [0.25, 0.3) is 0 Å². The largest absolute Gasteiger partial charge is 0.352 e. The Balaban J connectivity index is 2.05. The minimum absolute atomic E-state index is 0.0159. The topological polar surface area (TPSA) is 86.8 Å². The number of nitrogens with zero attached hydrogens (tertiary/aromatic N) is 2. The molecular formula is C28H30Cl3N3O4S. The zero-order valence-electron chi connectivity index (χ0n) is 21.8. The molecule has 2 amide bonds. The predicted molar refractivity (Wildman–Crippen MR) is 157 cm³/mol. The molecule has 3 rings (SSSR count). The monoisotopic (exact) mass is 609 g/mol. The Morgan fingerprint density at radius 2 is 1.51 bits per heavy atom. The second kappa shape index (κ2) is 13.5. The molecular weight excluding hydrogens is 581 g/mol. The molecule has 0 aliphatic heterocycles. The van der Waals surface area contributed by atoms with Crippen LogP contribution in [0.15, 0.2) is 77.7 Å². The number of anilines is 1. The first-order chi connectivity index (χ1) is 18.4. The number of hydrogen-bond acceptors (Lipinski definition) is 4. The van der Waals surface area contributed by atoms with Gasteiger partial charge in [-0.2, -0.15) is 0 Å². The predicted octanol–water partition coefficient (Wildman–Crippen LogP) is 6.17. The summed E-state index contributed by atoms with van der Waals surface area (Å²) in [7, 11) is -4.22. The normalized spacial score (nSPS) is 12.9. The Morgan fingerprint density at radius 1 is 0.872 bits per heavy atom. The molecule has 7 nitrogen and oxygen atoms in total. The van der Waals surface area contributed by atoms with Gasteiger partial charge in [0.1, 0.15) is 12.6 Å². The van der Waals surface area contributed by atoms with E-state index in [1.165, 1.54) is 35.2 Å². The summed E-state index contributed by atoms with van der Waals surface area (Å²) in [4.78, 5) is 28.3. The first-order valence-corrected chi connectivity index (χ1v) is 14.9. The zero-order chi connectivity index (χ0) is 28.7. The lowest BCUT2D eigenvalue weighted by Gasteiger charge is -2.32. The second-order valence-electron chi connectivity index (χ2n) is 9.10. The van der Waals surface area contributed by atoms with E-state index in [2.05, 4.69) is 5.32 Å². The number of rotatable bonds is 11. The third-order valence-electron chi connectivity index (χ3n) is 6.16. The van der Waals surface area contributed by atoms with Crippen molar-refractivity contribution in [2.75, 3.05) is 10.8 Å². The van der Waals surface area contributed by atoms with E-state index in [0.717, 1.165) is 4.31 Å². The molecule has 0 aliphatic carbocycles. The van der Waals surface area contributed by atoms with Gasteiger partial charge in [-0.1, -0.05) is 72.1 Å². The summed E-state index contributed by atoms with van der Waals surface area (Å²) in [5.41, 5.74) is 0.798. The summed E-state index contributed by atoms with van der Waals surface area (Å²) in [6.45, 7) is 4.84. The van der Waals surface area contributed by atoms with Crippen LogP contribution in [-0.4, -0.2) is 43.8 Å². The van der Waals surface area contributed by atoms with Gasteiger partial charge in [0.2, 0.25) is 11.8 Å². The maximum atomic E-state index is 13.9. The fourth-order valence-corrected chi connectivity index (χ4v) is 5.96. The van der Waals surface area contributed by atoms with E-state index in [-0.39, 0.29) is 39.1 Å². The molecule has 0 aromatic heterocycles. The molecule has 0 saturated heterocycles. The molecule has 39 heavy (non-hydrogen) atoms. The highest BCUT2D eigenvalue weighted by atomic mass is 35.5. The van der Waals surface area contributed by atoms with E-state index >= 15 is 0 Å². The molecule has 3 aromatic carbocycles. The summed E-state index contributed by atoms with van der Waals surface area (Å²) in [5, 5.41) is 3.77. The summed E-state index contributed by atoms with van der Waals surface area (Å²) >= 11 is 18.6. The van der Waals surface area contributed by atoms with Crippen molar-refractivity contribution in [3.8, 4) is 0 Å². The maximum Gasteiger partial charge on any atom is 0.264 e. The zero-order valence-corrected chi connectivity index (χ0v) is 24.9. The van der Waals surface area contributed by atoms with Crippen LogP contribution in [0, 0.1) is 0 Å². The van der Waals surface area contributed by atoms with Crippen molar-refractivity contribution >= 4 is 62.3 Å². The van der Waals surface area contributed by atoms with Gasteiger partial charge in [0.15, 0.2) is 0 Å². The summed E-state index contributed by atoms with van der Waals surface area (Å²) in [5.74, 6) is -0.958. The number of sulfonamides is 1. The molecule has 0 unspecified atom stereocenters. The number of hydrogen-bond donors (Lipinski definition) is 1. The first kappa shape index (κ1) is 30.8. The molecule has 208 valence electrons. The quantitative estimate of drug-likeness (QED) is 0.281. The van der Waals surface area contributed by atoms with Crippen LogP contribution in [0.4, 0.5) is 5.69 Å². The van der Waals surface area contributed by atoms with Crippen LogP contribution in [0.5, 0.6) is 0 Å². The Labute approximate surface area is 244 Å². The summed E-state index contributed by atoms with van der Waals surface area (Å²) in [6.07, 6.45) is 0.708. The van der Waals surface area contributed by atoms with E-state index in [4.69, 9.17) is 34.8 Å². The van der Waals surface area contributed by atoms with Crippen molar-refractivity contribution < 1.29 is 18.0 Å². The van der Waals surface area contributed by atoms with Crippen molar-refractivity contribution in [1.29, 1.82) is 0 Å². The Bertz CT molecular complexity index is 1400. The lowest BCUT2D eigenvalue weighted by atomic mass is 10.1. The minimum atomic E-state index is -4.22. The van der Waals surface area contributed by atoms with Crippen LogP contribution in [0.3, 0.4) is 0 Å². The van der Waals surface area contributed by atoms with Crippen molar-refractivity contribution in [2.45, 2.75) is 50.7 Å². The van der Waals surface area contributed by atoms with Crippen LogP contribution in [-0.2, 0) is 26.2 Å². The third kappa shape index (κ3) is 8.11. The molecule has 0 radical (unpaired) electrons. The Hall–Kier alpha value is -2.78. The van der Waals surface area contributed by atoms with Gasteiger partial charge in [-0.15, -0.1) is 0 Å². The molecule has 3 aromatic rings. The molecule has 0 saturated carbocycles. The van der Waals surface area contributed by atoms with Crippen LogP contribution in [0.1, 0.15) is 32.8 Å². The minimum Gasteiger partial charge on any atom is -0.352 e. The van der Waals surface area contributed by atoms with Crippen LogP contribution in [0.2, 0.25) is 15.1 Å². The van der Waals surface area contributed by atoms with Gasteiger partial charge < -0.3 is 10.2 Å². The molecule has 0 aliphatic rings. The van der Waals surface area contributed by atoms with Gasteiger partial charge >= 0.3 is 0 Å². The van der Waals surface area contributed by atoms with E-state index in [1.807, 2.05) is 13.8 Å². The molecule has 0 heterocycles. The number of benzene rings is 3. The highest BCUT2D eigenvalue weighted by molar-refractivity contribution is 7.92. The summed E-state index contributed by atoms with van der Waals surface area (Å²) in [6, 6.07) is 17.9. The highest BCUT2D eigenvalue weighted by Gasteiger charge is 2.33. The average molecular weight is 611 g/mol. The number of carbonyl (C=O) groups is 2. The Morgan fingerprint density at radius 3 is 2.10 bits per heavy atom. The van der Waals surface area contributed by atoms with E-state index in [1.54, 1.807) is 49.4 Å². The SMILES string of the molecule is CC[C@H](C)NC(=O)[C@@H](C)N(Cc1cccc(Cl)c1)C(=O)CN(c1cc(Cl)cc(Cl)c1)S(=O)(=O)c1ccccc1. The smallest absolute Gasteiger partial charge is 0.264 e. The van der Waals surface area contributed by atoms with Gasteiger partial charge in [-0.25, -0.2) is 8.42 Å². The number of carbonyl (C=O) groups excluding carboxylic acids is 2. The molecule has 2 atom stereocenters. The maximum absolute atomic E-state index is 13.9. The van der Waals surface area contributed by atoms with Crippen molar-refractivity contribution in [1.82, 2.24) is 10.2 Å². The lowest BCUT2D eigenvalue weighted by molar-refractivity contribution is -0.139. The van der Waals surface area contributed by atoms with Crippen molar-refractivity contribution in [3.05, 3.63) is 93.4 Å². The number of nitrogens with one attached hydrogen (secondary N) is 1. The lowest BCUT2D eigenvalue weighted by Crippen LogP contribution is -2.52. The van der Waals surface area contributed by atoms with Crippen molar-refractivity contribution in [3.63, 3.8) is 0 Å². The van der Waals surface area contributed by atoms with Gasteiger partial charge in [0.05, 0.1) is 10.6 Å². The number of halogens is 3. The van der Waals surface area contributed by atoms with Gasteiger partial charge in [0.25, 0.3) is 10.0 Å². The van der Waals surface area contributed by atoms with Crippen LogP contribution < -0.4 is 9.62 Å². The molecule has 0 fully saturated rings. The molecule has 0 spiro atoms.